The molecule has 0 aromatic carbocycles. The van der Waals surface area contributed by atoms with Crippen LogP contribution in [0.4, 0.5) is 0 Å². The Kier molecular flexibility index (Phi) is 4.87. The normalized spacial score (nSPS) is 26.6. The van der Waals surface area contributed by atoms with Crippen LogP contribution < -0.4 is 0 Å². The van der Waals surface area contributed by atoms with Crippen molar-refractivity contribution in [1.82, 2.24) is 4.90 Å². The van der Waals surface area contributed by atoms with Gasteiger partial charge in [-0.05, 0) is 41.5 Å². The standard InChI is InChI=1S/C16H20BrNO/c1-3-9-18-15-11-12(2)10-13(5-4-8-17)14(15)6-7-16(18)19/h3,12-13H,1,5-7,9-11H2,2H3. The maximum Gasteiger partial charge on any atom is 0.227 e. The summed E-state index contributed by atoms with van der Waals surface area (Å²) in [5, 5.41) is 0. The molecule has 2 nitrogen and oxygen atoms in total. The summed E-state index contributed by atoms with van der Waals surface area (Å²) in [6, 6.07) is 0. The van der Waals surface area contributed by atoms with Crippen molar-refractivity contribution in [2.24, 2.45) is 11.8 Å². The maximum absolute atomic E-state index is 12.1. The van der Waals surface area contributed by atoms with E-state index < -0.39 is 0 Å². The van der Waals surface area contributed by atoms with Crippen molar-refractivity contribution < 1.29 is 4.79 Å². The second-order valence-corrected chi connectivity index (χ2v) is 5.88. The molecule has 1 aliphatic heterocycles. The molecule has 1 amide bonds. The fraction of sp³-hybridized carbons (Fsp3) is 0.562. The smallest absolute Gasteiger partial charge is 0.227 e. The zero-order valence-electron chi connectivity index (χ0n) is 11.4. The van der Waals surface area contributed by atoms with Gasteiger partial charge in [-0.3, -0.25) is 4.79 Å². The van der Waals surface area contributed by atoms with E-state index in [4.69, 9.17) is 0 Å². The van der Waals surface area contributed by atoms with Gasteiger partial charge in [0.15, 0.2) is 0 Å². The molecule has 0 saturated heterocycles. The van der Waals surface area contributed by atoms with Crippen LogP contribution in [0.1, 0.15) is 39.0 Å². The van der Waals surface area contributed by atoms with E-state index in [1.54, 1.807) is 0 Å². The van der Waals surface area contributed by atoms with Crippen LogP contribution in [0.25, 0.3) is 0 Å². The average molecular weight is 322 g/mol. The molecule has 0 radical (unpaired) electrons. The Morgan fingerprint density at radius 1 is 1.53 bits per heavy atom. The minimum atomic E-state index is 0.248. The predicted molar refractivity (Wildman–Crippen MR) is 81.4 cm³/mol. The molecule has 0 aromatic rings. The van der Waals surface area contributed by atoms with Gasteiger partial charge < -0.3 is 4.90 Å². The zero-order chi connectivity index (χ0) is 13.8. The maximum atomic E-state index is 12.1. The van der Waals surface area contributed by atoms with Crippen molar-refractivity contribution in [2.45, 2.75) is 39.0 Å². The summed E-state index contributed by atoms with van der Waals surface area (Å²) in [6.45, 7) is 6.68. The summed E-state index contributed by atoms with van der Waals surface area (Å²) in [4.78, 5) is 16.8. The topological polar surface area (TPSA) is 20.3 Å². The number of hydrogen-bond acceptors (Lipinski definition) is 1. The van der Waals surface area contributed by atoms with E-state index in [1.807, 2.05) is 11.0 Å². The average Bonchev–Trinajstić information content (AvgIpc) is 2.39. The Hall–Kier alpha value is -1.01. The van der Waals surface area contributed by atoms with Crippen LogP contribution in [-0.4, -0.2) is 17.4 Å². The van der Waals surface area contributed by atoms with Crippen molar-refractivity contribution in [3.05, 3.63) is 23.9 Å². The Morgan fingerprint density at radius 3 is 3.00 bits per heavy atom. The van der Waals surface area contributed by atoms with Gasteiger partial charge in [0.25, 0.3) is 0 Å². The van der Waals surface area contributed by atoms with Crippen molar-refractivity contribution in [2.75, 3.05) is 6.54 Å². The highest BCUT2D eigenvalue weighted by atomic mass is 79.9. The summed E-state index contributed by atoms with van der Waals surface area (Å²) < 4.78 is 0. The van der Waals surface area contributed by atoms with Gasteiger partial charge >= 0.3 is 0 Å². The van der Waals surface area contributed by atoms with Gasteiger partial charge in [-0.2, -0.15) is 0 Å². The number of rotatable bonds is 3. The zero-order valence-corrected chi connectivity index (χ0v) is 13.0. The molecular formula is C16H20BrNO. The number of carbonyl (C=O) groups excluding carboxylic acids is 1. The molecule has 19 heavy (non-hydrogen) atoms. The third kappa shape index (κ3) is 3.12. The van der Waals surface area contributed by atoms with Crippen molar-refractivity contribution in [1.29, 1.82) is 0 Å². The Balaban J connectivity index is 2.32. The summed E-state index contributed by atoms with van der Waals surface area (Å²) in [5.41, 5.74) is 2.73. The molecule has 1 aliphatic carbocycles. The van der Waals surface area contributed by atoms with Crippen molar-refractivity contribution in [3.63, 3.8) is 0 Å². The molecule has 2 aliphatic rings. The highest BCUT2D eigenvalue weighted by Crippen LogP contribution is 2.41. The largest absolute Gasteiger partial charge is 0.312 e. The number of nitrogens with zero attached hydrogens (tertiary/aromatic N) is 1. The highest BCUT2D eigenvalue weighted by molar-refractivity contribution is 9.12. The fourth-order valence-electron chi connectivity index (χ4n) is 3.28. The predicted octanol–water partition coefficient (Wildman–Crippen LogP) is 3.84. The lowest BCUT2D eigenvalue weighted by molar-refractivity contribution is -0.130. The summed E-state index contributed by atoms with van der Waals surface area (Å²) >= 11 is 3.17. The minimum absolute atomic E-state index is 0.248. The molecule has 1 heterocycles. The van der Waals surface area contributed by atoms with Gasteiger partial charge in [0.1, 0.15) is 0 Å². The van der Waals surface area contributed by atoms with E-state index in [0.717, 1.165) is 19.3 Å². The molecule has 0 N–H and O–H groups in total. The van der Waals surface area contributed by atoms with Gasteiger partial charge in [-0.15, -0.1) is 6.58 Å². The first-order valence-corrected chi connectivity index (χ1v) is 7.68. The van der Waals surface area contributed by atoms with Crippen LogP contribution in [0, 0.1) is 22.6 Å². The summed E-state index contributed by atoms with van der Waals surface area (Å²) in [6.07, 6.45) is 6.48. The first kappa shape index (κ1) is 14.4. The third-order valence-electron chi connectivity index (χ3n) is 4.05. The molecule has 0 fully saturated rings. The minimum Gasteiger partial charge on any atom is -0.312 e. The van der Waals surface area contributed by atoms with E-state index in [1.165, 1.54) is 17.7 Å². The Morgan fingerprint density at radius 2 is 2.32 bits per heavy atom. The number of hydrogen-bond donors (Lipinski definition) is 0. The third-order valence-corrected chi connectivity index (χ3v) is 4.33. The monoisotopic (exact) mass is 321 g/mol. The summed E-state index contributed by atoms with van der Waals surface area (Å²) in [5.74, 6) is 4.53. The fourth-order valence-corrected chi connectivity index (χ4v) is 3.44. The van der Waals surface area contributed by atoms with E-state index in [9.17, 15) is 4.79 Å². The lowest BCUT2D eigenvalue weighted by Crippen LogP contribution is -2.38. The lowest BCUT2D eigenvalue weighted by Gasteiger charge is -2.40. The number of allylic oxidation sites excluding steroid dienone is 2. The molecule has 0 saturated carbocycles. The van der Waals surface area contributed by atoms with Crippen LogP contribution in [0.5, 0.6) is 0 Å². The van der Waals surface area contributed by atoms with E-state index in [0.29, 0.717) is 24.8 Å². The second-order valence-electron chi connectivity index (χ2n) is 5.48. The van der Waals surface area contributed by atoms with Gasteiger partial charge in [0.05, 0.1) is 0 Å². The van der Waals surface area contributed by atoms with Gasteiger partial charge in [0, 0.05) is 41.0 Å². The van der Waals surface area contributed by atoms with Gasteiger partial charge in [-0.25, -0.2) is 0 Å². The Bertz CT molecular complexity index is 469. The molecule has 0 spiro atoms. The molecule has 2 atom stereocenters. The van der Waals surface area contributed by atoms with Crippen LogP contribution >= 0.6 is 15.9 Å². The van der Waals surface area contributed by atoms with Gasteiger partial charge in [0.2, 0.25) is 5.91 Å². The van der Waals surface area contributed by atoms with Crippen LogP contribution in [0.2, 0.25) is 0 Å². The van der Waals surface area contributed by atoms with E-state index in [2.05, 4.69) is 40.2 Å². The molecule has 0 bridgehead atoms. The quantitative estimate of drug-likeness (QED) is 0.571. The highest BCUT2D eigenvalue weighted by Gasteiger charge is 2.34. The van der Waals surface area contributed by atoms with E-state index >= 15 is 0 Å². The van der Waals surface area contributed by atoms with Crippen LogP contribution in [-0.2, 0) is 4.79 Å². The van der Waals surface area contributed by atoms with Crippen molar-refractivity contribution >= 4 is 21.8 Å². The van der Waals surface area contributed by atoms with Crippen LogP contribution in [0.15, 0.2) is 23.9 Å². The molecule has 2 rings (SSSR count). The number of amides is 1. The summed E-state index contributed by atoms with van der Waals surface area (Å²) in [7, 11) is 0. The molecule has 2 unspecified atom stereocenters. The van der Waals surface area contributed by atoms with Gasteiger partial charge in [-0.1, -0.05) is 18.9 Å². The molecular weight excluding hydrogens is 302 g/mol. The van der Waals surface area contributed by atoms with E-state index in [-0.39, 0.29) is 5.91 Å². The number of halogens is 1. The Labute approximate surface area is 124 Å². The first-order chi connectivity index (χ1) is 9.17. The molecule has 102 valence electrons. The second kappa shape index (κ2) is 6.43. The SMILES string of the molecule is C=CCN1C(=O)CCC2=C1CC(C)CC2CC#CBr. The molecule has 0 aromatic heterocycles. The molecule has 3 heteroatoms. The van der Waals surface area contributed by atoms with Crippen LogP contribution in [0.3, 0.4) is 0 Å². The number of carbonyl (C=O) groups is 1. The lowest BCUT2D eigenvalue weighted by atomic mass is 9.75. The van der Waals surface area contributed by atoms with Crippen molar-refractivity contribution in [3.8, 4) is 10.8 Å². The first-order valence-electron chi connectivity index (χ1n) is 6.89.